The molecule has 0 atom stereocenters. The van der Waals surface area contributed by atoms with Crippen molar-refractivity contribution in [3.05, 3.63) is 33.8 Å². The summed E-state index contributed by atoms with van der Waals surface area (Å²) in [6.07, 6.45) is 5.07. The average Bonchev–Trinajstić information content (AvgIpc) is 2.26. The maximum absolute atomic E-state index is 6.08. The summed E-state index contributed by atoms with van der Waals surface area (Å²) in [5.41, 5.74) is 1.73. The second-order valence-electron chi connectivity index (χ2n) is 5.81. The van der Waals surface area contributed by atoms with Gasteiger partial charge in [0.25, 0.3) is 0 Å². The van der Waals surface area contributed by atoms with Gasteiger partial charge in [-0.3, -0.25) is 0 Å². The van der Waals surface area contributed by atoms with Crippen molar-refractivity contribution in [2.24, 2.45) is 5.41 Å². The van der Waals surface area contributed by atoms with E-state index in [-0.39, 0.29) is 0 Å². The van der Waals surface area contributed by atoms with Crippen molar-refractivity contribution >= 4 is 23.2 Å². The summed E-state index contributed by atoms with van der Waals surface area (Å²) in [6.45, 7) is 5.50. The van der Waals surface area contributed by atoms with Gasteiger partial charge in [-0.1, -0.05) is 49.5 Å². The smallest absolute Gasteiger partial charge is 0.0595 e. The van der Waals surface area contributed by atoms with Crippen LogP contribution in [0.1, 0.15) is 38.7 Å². The van der Waals surface area contributed by atoms with E-state index >= 15 is 0 Å². The molecule has 2 rings (SSSR count). The maximum Gasteiger partial charge on any atom is 0.0595 e. The molecule has 1 aromatic carbocycles. The van der Waals surface area contributed by atoms with Crippen molar-refractivity contribution in [3.63, 3.8) is 0 Å². The van der Waals surface area contributed by atoms with Crippen LogP contribution >= 0.6 is 23.2 Å². The second kappa shape index (κ2) is 5.81. The largest absolute Gasteiger partial charge is 0.314 e. The van der Waals surface area contributed by atoms with E-state index in [9.17, 15) is 0 Å². The number of hydrogen-bond acceptors (Lipinski definition) is 1. The molecular formula is C15H21Cl2N. The lowest BCUT2D eigenvalue weighted by Crippen LogP contribution is -2.43. The van der Waals surface area contributed by atoms with E-state index in [1.807, 2.05) is 12.1 Å². The fourth-order valence-corrected chi connectivity index (χ4v) is 2.92. The highest BCUT2D eigenvalue weighted by molar-refractivity contribution is 6.42. The summed E-state index contributed by atoms with van der Waals surface area (Å²) in [6, 6.07) is 6.57. The first-order valence-corrected chi connectivity index (χ1v) is 7.44. The number of halogens is 2. The SMILES string of the molecule is CC(C)NCC1(Cc2ccc(Cl)c(Cl)c2)CCC1. The molecular weight excluding hydrogens is 265 g/mol. The third kappa shape index (κ3) is 3.40. The molecule has 0 bridgehead atoms. The molecule has 1 N–H and O–H groups in total. The summed E-state index contributed by atoms with van der Waals surface area (Å²) >= 11 is 12.0. The molecule has 0 amide bonds. The topological polar surface area (TPSA) is 12.0 Å². The molecule has 1 fully saturated rings. The van der Waals surface area contributed by atoms with E-state index < -0.39 is 0 Å². The molecule has 0 saturated heterocycles. The quantitative estimate of drug-likeness (QED) is 0.827. The van der Waals surface area contributed by atoms with Gasteiger partial charge in [-0.15, -0.1) is 0 Å². The van der Waals surface area contributed by atoms with Gasteiger partial charge in [0, 0.05) is 12.6 Å². The highest BCUT2D eigenvalue weighted by Gasteiger charge is 2.36. The minimum atomic E-state index is 0.432. The maximum atomic E-state index is 6.08. The van der Waals surface area contributed by atoms with Gasteiger partial charge in [0.05, 0.1) is 10.0 Å². The van der Waals surface area contributed by atoms with Crippen LogP contribution in [0.2, 0.25) is 10.0 Å². The normalized spacial score (nSPS) is 17.8. The average molecular weight is 286 g/mol. The highest BCUT2D eigenvalue weighted by atomic mass is 35.5. The number of nitrogens with one attached hydrogen (secondary N) is 1. The van der Waals surface area contributed by atoms with Crippen molar-refractivity contribution in [2.75, 3.05) is 6.54 Å². The lowest BCUT2D eigenvalue weighted by Gasteiger charge is -2.43. The zero-order valence-electron chi connectivity index (χ0n) is 11.1. The van der Waals surface area contributed by atoms with Gasteiger partial charge in [-0.25, -0.2) is 0 Å². The fourth-order valence-electron chi connectivity index (χ4n) is 2.60. The highest BCUT2D eigenvalue weighted by Crippen LogP contribution is 2.43. The Bertz CT molecular complexity index is 411. The molecule has 1 aliphatic carbocycles. The molecule has 3 heteroatoms. The molecule has 1 aliphatic rings. The minimum absolute atomic E-state index is 0.432. The Morgan fingerprint density at radius 1 is 1.22 bits per heavy atom. The van der Waals surface area contributed by atoms with Gasteiger partial charge in [-0.2, -0.15) is 0 Å². The van der Waals surface area contributed by atoms with Crippen LogP contribution in [-0.4, -0.2) is 12.6 Å². The van der Waals surface area contributed by atoms with Crippen LogP contribution in [0, 0.1) is 5.41 Å². The van der Waals surface area contributed by atoms with Gasteiger partial charge in [0.15, 0.2) is 0 Å². The van der Waals surface area contributed by atoms with E-state index in [1.165, 1.54) is 24.8 Å². The number of rotatable bonds is 5. The monoisotopic (exact) mass is 285 g/mol. The van der Waals surface area contributed by atoms with E-state index in [0.29, 0.717) is 21.5 Å². The van der Waals surface area contributed by atoms with E-state index in [4.69, 9.17) is 23.2 Å². The van der Waals surface area contributed by atoms with E-state index in [0.717, 1.165) is 13.0 Å². The predicted molar refractivity (Wildman–Crippen MR) is 79.6 cm³/mol. The third-order valence-electron chi connectivity index (χ3n) is 3.86. The van der Waals surface area contributed by atoms with E-state index in [1.54, 1.807) is 0 Å². The first-order chi connectivity index (χ1) is 8.51. The van der Waals surface area contributed by atoms with Crippen LogP contribution in [0.25, 0.3) is 0 Å². The van der Waals surface area contributed by atoms with Crippen molar-refractivity contribution in [3.8, 4) is 0 Å². The summed E-state index contributed by atoms with van der Waals surface area (Å²) < 4.78 is 0. The first kappa shape index (κ1) is 14.2. The molecule has 1 saturated carbocycles. The molecule has 1 nitrogen and oxygen atoms in total. The van der Waals surface area contributed by atoms with Crippen LogP contribution in [0.4, 0.5) is 0 Å². The minimum Gasteiger partial charge on any atom is -0.314 e. The lowest BCUT2D eigenvalue weighted by atomic mass is 9.65. The van der Waals surface area contributed by atoms with Crippen molar-refractivity contribution in [2.45, 2.75) is 45.6 Å². The third-order valence-corrected chi connectivity index (χ3v) is 4.60. The van der Waals surface area contributed by atoms with Crippen molar-refractivity contribution in [1.82, 2.24) is 5.32 Å². The summed E-state index contributed by atoms with van der Waals surface area (Å²) in [5.74, 6) is 0. The summed E-state index contributed by atoms with van der Waals surface area (Å²) in [4.78, 5) is 0. The molecule has 18 heavy (non-hydrogen) atoms. The van der Waals surface area contributed by atoms with Crippen LogP contribution in [0.5, 0.6) is 0 Å². The molecule has 0 radical (unpaired) electrons. The number of hydrogen-bond donors (Lipinski definition) is 1. The Balaban J connectivity index is 2.03. The lowest BCUT2D eigenvalue weighted by molar-refractivity contribution is 0.127. The van der Waals surface area contributed by atoms with Crippen LogP contribution in [-0.2, 0) is 6.42 Å². The Morgan fingerprint density at radius 2 is 1.94 bits per heavy atom. The number of benzene rings is 1. The summed E-state index contributed by atoms with van der Waals surface area (Å²) in [5, 5.41) is 4.88. The Hall–Kier alpha value is -0.240. The van der Waals surface area contributed by atoms with Gasteiger partial charge in [0.2, 0.25) is 0 Å². The zero-order chi connectivity index (χ0) is 13.2. The van der Waals surface area contributed by atoms with Crippen molar-refractivity contribution < 1.29 is 0 Å². The summed E-state index contributed by atoms with van der Waals surface area (Å²) in [7, 11) is 0. The zero-order valence-corrected chi connectivity index (χ0v) is 12.6. The van der Waals surface area contributed by atoms with Crippen LogP contribution in [0.3, 0.4) is 0 Å². The van der Waals surface area contributed by atoms with Gasteiger partial charge in [0.1, 0.15) is 0 Å². The second-order valence-corrected chi connectivity index (χ2v) is 6.63. The Labute approximate surface area is 120 Å². The van der Waals surface area contributed by atoms with Crippen LogP contribution < -0.4 is 5.32 Å². The molecule has 100 valence electrons. The van der Waals surface area contributed by atoms with Crippen molar-refractivity contribution in [1.29, 1.82) is 0 Å². The Morgan fingerprint density at radius 3 is 2.44 bits per heavy atom. The fraction of sp³-hybridized carbons (Fsp3) is 0.600. The molecule has 1 aromatic rings. The molecule has 0 aromatic heterocycles. The van der Waals surface area contributed by atoms with Gasteiger partial charge in [-0.05, 0) is 42.4 Å². The van der Waals surface area contributed by atoms with E-state index in [2.05, 4.69) is 25.2 Å². The predicted octanol–water partition coefficient (Wildman–Crippen LogP) is 4.70. The first-order valence-electron chi connectivity index (χ1n) is 6.68. The standard InChI is InChI=1S/C15H21Cl2N/c1-11(2)18-10-15(6-3-7-15)9-12-4-5-13(16)14(17)8-12/h4-5,8,11,18H,3,6-7,9-10H2,1-2H3. The molecule has 0 heterocycles. The van der Waals surface area contributed by atoms with Gasteiger partial charge < -0.3 is 5.32 Å². The molecule has 0 spiro atoms. The molecule has 0 aliphatic heterocycles. The molecule has 0 unspecified atom stereocenters. The van der Waals surface area contributed by atoms with Crippen LogP contribution in [0.15, 0.2) is 18.2 Å². The van der Waals surface area contributed by atoms with Gasteiger partial charge >= 0.3 is 0 Å². The Kier molecular flexibility index (Phi) is 4.58.